The van der Waals surface area contributed by atoms with Crippen LogP contribution in [0.5, 0.6) is 0 Å². The van der Waals surface area contributed by atoms with Gasteiger partial charge in [-0.15, -0.1) is 0 Å². The highest BCUT2D eigenvalue weighted by atomic mass is 35.7. The fourth-order valence-corrected chi connectivity index (χ4v) is 3.60. The summed E-state index contributed by atoms with van der Waals surface area (Å²) in [6, 6.07) is 3.58. The van der Waals surface area contributed by atoms with Gasteiger partial charge in [0.15, 0.2) is 0 Å². The van der Waals surface area contributed by atoms with Crippen LogP contribution < -0.4 is 5.73 Å². The van der Waals surface area contributed by atoms with Gasteiger partial charge in [0.1, 0.15) is 0 Å². The van der Waals surface area contributed by atoms with Crippen molar-refractivity contribution < 1.29 is 21.6 Å². The number of hydrogen-bond acceptors (Lipinski definition) is 5. The molecular formula is C9H6ClF3N2O2S2. The lowest BCUT2D eigenvalue weighted by atomic mass is 10.1. The Morgan fingerprint density at radius 2 is 2.00 bits per heavy atom. The molecular weight excluding hydrogens is 325 g/mol. The number of nitrogens with two attached hydrogens (primary N) is 1. The normalized spacial score (nSPS) is 12.2. The fraction of sp³-hybridized carbons (Fsp3) is 0.222. The standard InChI is InChI=1S/C9H6ClF3N2O2S2/c10-19(16,17)7-2-1-5(3-14)6(4-15)8(7)18-9(11,12)13/h1-2H,4,15H2. The van der Waals surface area contributed by atoms with E-state index >= 15 is 0 Å². The van der Waals surface area contributed by atoms with E-state index in [1.165, 1.54) is 0 Å². The summed E-state index contributed by atoms with van der Waals surface area (Å²) in [4.78, 5) is -1.38. The van der Waals surface area contributed by atoms with Gasteiger partial charge in [-0.25, -0.2) is 8.42 Å². The topological polar surface area (TPSA) is 84.0 Å². The van der Waals surface area contributed by atoms with Gasteiger partial charge in [-0.3, -0.25) is 0 Å². The molecule has 19 heavy (non-hydrogen) atoms. The number of hydrogen-bond donors (Lipinski definition) is 1. The highest BCUT2D eigenvalue weighted by molar-refractivity contribution is 8.14. The first-order valence-electron chi connectivity index (χ1n) is 4.56. The zero-order valence-electron chi connectivity index (χ0n) is 9.03. The second kappa shape index (κ2) is 5.58. The first-order chi connectivity index (χ1) is 8.60. The molecule has 4 nitrogen and oxygen atoms in total. The van der Waals surface area contributed by atoms with Crippen molar-refractivity contribution >= 4 is 31.5 Å². The van der Waals surface area contributed by atoms with Crippen molar-refractivity contribution in [2.45, 2.75) is 21.8 Å². The van der Waals surface area contributed by atoms with Gasteiger partial charge in [0, 0.05) is 22.1 Å². The van der Waals surface area contributed by atoms with E-state index in [9.17, 15) is 21.6 Å². The minimum absolute atomic E-state index is 0.127. The molecule has 0 aliphatic rings. The van der Waals surface area contributed by atoms with E-state index in [0.717, 1.165) is 12.1 Å². The van der Waals surface area contributed by atoms with E-state index in [1.54, 1.807) is 6.07 Å². The lowest BCUT2D eigenvalue weighted by Crippen LogP contribution is -2.09. The van der Waals surface area contributed by atoms with Gasteiger partial charge in [0.25, 0.3) is 9.05 Å². The summed E-state index contributed by atoms with van der Waals surface area (Å²) in [5, 5.41) is 8.79. The lowest BCUT2D eigenvalue weighted by molar-refractivity contribution is -0.0329. The molecule has 0 heterocycles. The maximum Gasteiger partial charge on any atom is 0.446 e. The minimum atomic E-state index is -4.73. The minimum Gasteiger partial charge on any atom is -0.326 e. The highest BCUT2D eigenvalue weighted by Gasteiger charge is 2.34. The molecule has 1 aromatic carbocycles. The van der Waals surface area contributed by atoms with Crippen LogP contribution in [-0.4, -0.2) is 13.9 Å². The fourth-order valence-electron chi connectivity index (χ4n) is 1.33. The molecule has 0 aliphatic carbocycles. The van der Waals surface area contributed by atoms with Gasteiger partial charge in [0.05, 0.1) is 16.5 Å². The van der Waals surface area contributed by atoms with E-state index in [1.807, 2.05) is 0 Å². The van der Waals surface area contributed by atoms with Crippen LogP contribution in [0.4, 0.5) is 13.2 Å². The Labute approximate surface area is 115 Å². The molecule has 0 aromatic heterocycles. The van der Waals surface area contributed by atoms with Crippen molar-refractivity contribution in [3.63, 3.8) is 0 Å². The first-order valence-corrected chi connectivity index (χ1v) is 7.69. The summed E-state index contributed by atoms with van der Waals surface area (Å²) in [7, 11) is 0.708. The summed E-state index contributed by atoms with van der Waals surface area (Å²) < 4.78 is 59.9. The number of thioether (sulfide) groups is 1. The third-order valence-corrected chi connectivity index (χ3v) is 4.42. The Morgan fingerprint density at radius 1 is 1.42 bits per heavy atom. The van der Waals surface area contributed by atoms with Gasteiger partial charge in [-0.1, -0.05) is 0 Å². The van der Waals surface area contributed by atoms with Crippen LogP contribution in [0.3, 0.4) is 0 Å². The summed E-state index contributed by atoms with van der Waals surface area (Å²) in [6.07, 6.45) is 0. The lowest BCUT2D eigenvalue weighted by Gasteiger charge is -2.14. The second-order valence-corrected chi connectivity index (χ2v) is 6.83. The van der Waals surface area contributed by atoms with Crippen molar-refractivity contribution in [1.82, 2.24) is 0 Å². The number of nitriles is 1. The third kappa shape index (κ3) is 4.01. The Morgan fingerprint density at radius 3 is 2.37 bits per heavy atom. The number of benzene rings is 1. The quantitative estimate of drug-likeness (QED) is 0.680. The summed E-state index contributed by atoms with van der Waals surface area (Å²) in [5.74, 6) is 0. The average molecular weight is 331 g/mol. The van der Waals surface area contributed by atoms with E-state index < -0.39 is 42.7 Å². The van der Waals surface area contributed by atoms with Crippen LogP contribution in [0.25, 0.3) is 0 Å². The Hall–Kier alpha value is -0.950. The molecule has 0 atom stereocenters. The van der Waals surface area contributed by atoms with Crippen molar-refractivity contribution in [3.05, 3.63) is 23.3 Å². The first kappa shape index (κ1) is 16.1. The molecule has 0 saturated carbocycles. The molecule has 0 radical (unpaired) electrons. The Kier molecular flexibility index (Phi) is 4.73. The van der Waals surface area contributed by atoms with Crippen LogP contribution in [0.1, 0.15) is 11.1 Å². The maximum absolute atomic E-state index is 12.5. The third-order valence-electron chi connectivity index (χ3n) is 2.03. The van der Waals surface area contributed by atoms with Crippen LogP contribution >= 0.6 is 22.4 Å². The molecule has 0 unspecified atom stereocenters. The summed E-state index contributed by atoms with van der Waals surface area (Å²) in [6.45, 7) is -0.415. The molecule has 1 aromatic rings. The van der Waals surface area contributed by atoms with E-state index in [-0.39, 0.29) is 11.1 Å². The van der Waals surface area contributed by atoms with E-state index in [2.05, 4.69) is 0 Å². The molecule has 2 N–H and O–H groups in total. The summed E-state index contributed by atoms with van der Waals surface area (Å²) in [5.41, 5.74) is 0.232. The van der Waals surface area contributed by atoms with Crippen LogP contribution in [0.2, 0.25) is 0 Å². The number of rotatable bonds is 3. The van der Waals surface area contributed by atoms with Crippen molar-refractivity contribution in [2.75, 3.05) is 0 Å². The zero-order chi connectivity index (χ0) is 14.8. The smallest absolute Gasteiger partial charge is 0.326 e. The number of nitrogens with zero attached hydrogens (tertiary/aromatic N) is 1. The molecule has 0 spiro atoms. The monoisotopic (exact) mass is 330 g/mol. The molecule has 0 aliphatic heterocycles. The molecule has 1 rings (SSSR count). The van der Waals surface area contributed by atoms with Gasteiger partial charge in [-0.2, -0.15) is 18.4 Å². The van der Waals surface area contributed by atoms with Crippen molar-refractivity contribution in [2.24, 2.45) is 5.73 Å². The van der Waals surface area contributed by atoms with Gasteiger partial charge in [0.2, 0.25) is 0 Å². The SMILES string of the molecule is N#Cc1ccc(S(=O)(=O)Cl)c(SC(F)(F)F)c1CN. The molecule has 0 fully saturated rings. The Balaban J connectivity index is 3.65. The second-order valence-electron chi connectivity index (χ2n) is 3.22. The number of halogens is 4. The molecule has 104 valence electrons. The molecule has 0 bridgehead atoms. The predicted molar refractivity (Wildman–Crippen MR) is 64.0 cm³/mol. The zero-order valence-corrected chi connectivity index (χ0v) is 11.4. The molecule has 0 saturated heterocycles. The van der Waals surface area contributed by atoms with Crippen LogP contribution in [0, 0.1) is 11.3 Å². The van der Waals surface area contributed by atoms with E-state index in [4.69, 9.17) is 21.7 Å². The molecule has 10 heteroatoms. The van der Waals surface area contributed by atoms with Gasteiger partial charge >= 0.3 is 5.51 Å². The van der Waals surface area contributed by atoms with Crippen LogP contribution in [0.15, 0.2) is 21.9 Å². The molecule has 0 amide bonds. The van der Waals surface area contributed by atoms with Crippen molar-refractivity contribution in [3.8, 4) is 6.07 Å². The van der Waals surface area contributed by atoms with Crippen LogP contribution in [-0.2, 0) is 15.6 Å². The Bertz CT molecular complexity index is 638. The number of alkyl halides is 3. The van der Waals surface area contributed by atoms with Gasteiger partial charge in [-0.05, 0) is 29.5 Å². The highest BCUT2D eigenvalue weighted by Crippen LogP contribution is 2.43. The van der Waals surface area contributed by atoms with E-state index in [0.29, 0.717) is 0 Å². The van der Waals surface area contributed by atoms with Gasteiger partial charge < -0.3 is 5.73 Å². The predicted octanol–water partition coefficient (Wildman–Crippen LogP) is 2.56. The van der Waals surface area contributed by atoms with Crippen molar-refractivity contribution in [1.29, 1.82) is 5.26 Å². The maximum atomic E-state index is 12.5. The summed E-state index contributed by atoms with van der Waals surface area (Å²) >= 11 is -0.660. The largest absolute Gasteiger partial charge is 0.446 e. The average Bonchev–Trinajstić information content (AvgIpc) is 2.24.